The number of carbonyl (C=O) groups excluding carboxylic acids is 2. The minimum Gasteiger partial charge on any atom is -0.333 e. The third kappa shape index (κ3) is 4.94. The molecule has 13 rings (SSSR count). The molecule has 6 aromatic carbocycles. The van der Waals surface area contributed by atoms with Gasteiger partial charge in [-0.05, 0) is 129 Å². The van der Waals surface area contributed by atoms with Crippen LogP contribution in [0, 0.1) is 39.0 Å². The zero-order valence-corrected chi connectivity index (χ0v) is 33.6. The lowest BCUT2D eigenvalue weighted by Gasteiger charge is -2.51. The molecule has 0 fully saturated rings. The van der Waals surface area contributed by atoms with Gasteiger partial charge in [-0.3, -0.25) is 9.59 Å². The molecule has 0 radical (unpaired) electrons. The van der Waals surface area contributed by atoms with E-state index < -0.39 is 11.1 Å². The van der Waals surface area contributed by atoms with Crippen LogP contribution >= 0.6 is 0 Å². The van der Waals surface area contributed by atoms with Gasteiger partial charge in [-0.25, -0.2) is 4.98 Å². The second kappa shape index (κ2) is 13.2. The molecule has 1 aromatic heterocycles. The monoisotopic (exact) mass is 766 g/mol. The summed E-state index contributed by atoms with van der Waals surface area (Å²) in [6.45, 7) is 9.99. The molecule has 59 heavy (non-hydrogen) atoms. The molecule has 0 spiro atoms. The van der Waals surface area contributed by atoms with Gasteiger partial charge in [0, 0.05) is 18.8 Å². The summed E-state index contributed by atoms with van der Waals surface area (Å²) in [7, 11) is 0. The van der Waals surface area contributed by atoms with Crippen LogP contribution in [0.1, 0.15) is 129 Å². The van der Waals surface area contributed by atoms with E-state index in [1.807, 2.05) is 0 Å². The smallest absolute Gasteiger partial charge is 0.271 e. The minimum atomic E-state index is -0.945. The summed E-state index contributed by atoms with van der Waals surface area (Å²) >= 11 is 0. The van der Waals surface area contributed by atoms with E-state index in [1.165, 1.54) is 62.6 Å². The number of carbonyl (C=O) groups is 2. The van der Waals surface area contributed by atoms with Crippen LogP contribution in [-0.2, 0) is 11.1 Å². The van der Waals surface area contributed by atoms with Gasteiger partial charge in [0.15, 0.2) is 0 Å². The van der Waals surface area contributed by atoms with Crippen LogP contribution in [0.2, 0.25) is 0 Å². The van der Waals surface area contributed by atoms with Crippen LogP contribution in [0.5, 0.6) is 0 Å². The van der Waals surface area contributed by atoms with Gasteiger partial charge in [0.25, 0.3) is 11.8 Å². The molecule has 6 aliphatic rings. The van der Waals surface area contributed by atoms with E-state index in [0.717, 1.165) is 33.4 Å². The molecule has 0 atom stereocenters. The summed E-state index contributed by atoms with van der Waals surface area (Å²) in [5, 5.41) is 14.4. The van der Waals surface area contributed by atoms with E-state index in [9.17, 15) is 9.59 Å². The standard InChI is InChI=1S/C51H39N3O2.C2H3N/c1-28-24-36-42(26-30(28)3)50(38-18-9-5-14-32(38)46(36)33-15-6-10-19-39(33)50)53-48(55)44-22-13-23-45(52-44)49(56)54-51-40-20-11-7-16-34(40)47(35-17-8-12-21-41(35)51)37-25-29(2)31(4)27-43(37)51;1-2-3/h5-27,46-47H,1-4H3,(H,53,55)(H,54,56);1H3. The summed E-state index contributed by atoms with van der Waals surface area (Å²) in [5.41, 5.74) is 16.8. The molecule has 7 aromatic rings. The maximum absolute atomic E-state index is 14.8. The first-order valence-electron chi connectivity index (χ1n) is 20.2. The number of pyridine rings is 1. The maximum atomic E-state index is 14.8. The zero-order chi connectivity index (χ0) is 40.8. The summed E-state index contributed by atoms with van der Waals surface area (Å²) in [5.74, 6) is -0.555. The third-order valence-electron chi connectivity index (χ3n) is 13.3. The first-order chi connectivity index (χ1) is 28.6. The SMILES string of the molecule is CC#N.Cc1cc2c(cc1C)C1(NC(=O)c3cccc(C(=O)NC45c6ccccc6C(c6ccccc64)c4cc(C)c(C)cc45)n3)c3ccccc3C2c2ccccc21. The molecule has 2 amide bonds. The Morgan fingerprint density at radius 1 is 0.475 bits per heavy atom. The lowest BCUT2D eigenvalue weighted by molar-refractivity contribution is 0.0912. The van der Waals surface area contributed by atoms with E-state index in [2.05, 4.69) is 160 Å². The van der Waals surface area contributed by atoms with E-state index in [0.29, 0.717) is 0 Å². The normalized spacial score (nSPS) is 20.2. The van der Waals surface area contributed by atoms with Crippen molar-refractivity contribution in [3.05, 3.63) is 240 Å². The first-order valence-corrected chi connectivity index (χ1v) is 20.2. The van der Waals surface area contributed by atoms with Crippen molar-refractivity contribution < 1.29 is 9.59 Å². The Hall–Kier alpha value is -7.10. The van der Waals surface area contributed by atoms with Gasteiger partial charge in [0.2, 0.25) is 0 Å². The van der Waals surface area contributed by atoms with E-state index in [1.54, 1.807) is 24.3 Å². The van der Waals surface area contributed by atoms with Crippen molar-refractivity contribution in [2.45, 2.75) is 57.5 Å². The maximum Gasteiger partial charge on any atom is 0.271 e. The van der Waals surface area contributed by atoms with Crippen molar-refractivity contribution in [1.82, 2.24) is 15.6 Å². The average Bonchev–Trinajstić information content (AvgIpc) is 3.25. The van der Waals surface area contributed by atoms with E-state index >= 15 is 0 Å². The molecule has 0 saturated carbocycles. The average molecular weight is 767 g/mol. The fraction of sp³-hybridized carbons (Fsp3) is 0.170. The Balaban J connectivity index is 0.00000136. The Labute approximate surface area is 344 Å². The molecular formula is C53H42N4O2. The number of nitrogens with one attached hydrogen (secondary N) is 2. The van der Waals surface area contributed by atoms with Crippen molar-refractivity contribution >= 4 is 11.8 Å². The van der Waals surface area contributed by atoms with Gasteiger partial charge in [0.05, 0.1) is 6.07 Å². The number of nitriles is 1. The van der Waals surface area contributed by atoms with Crippen LogP contribution < -0.4 is 10.6 Å². The highest BCUT2D eigenvalue weighted by Crippen LogP contribution is 2.60. The summed E-state index contributed by atoms with van der Waals surface area (Å²) in [6, 6.07) is 49.8. The quantitative estimate of drug-likeness (QED) is 0.187. The summed E-state index contributed by atoms with van der Waals surface area (Å²) < 4.78 is 0. The van der Waals surface area contributed by atoms with Gasteiger partial charge in [-0.2, -0.15) is 5.26 Å². The van der Waals surface area contributed by atoms with Crippen LogP contribution in [0.3, 0.4) is 0 Å². The molecule has 0 aliphatic heterocycles. The lowest BCUT2D eigenvalue weighted by atomic mass is 9.56. The molecule has 6 heteroatoms. The topological polar surface area (TPSA) is 94.9 Å². The number of hydrogen-bond donors (Lipinski definition) is 2. The predicted molar refractivity (Wildman–Crippen MR) is 230 cm³/mol. The number of rotatable bonds is 4. The fourth-order valence-corrected chi connectivity index (χ4v) is 10.6. The van der Waals surface area contributed by atoms with Gasteiger partial charge < -0.3 is 10.6 Å². The molecule has 286 valence electrons. The van der Waals surface area contributed by atoms with Crippen molar-refractivity contribution in [3.8, 4) is 6.07 Å². The van der Waals surface area contributed by atoms with Crippen molar-refractivity contribution in [2.75, 3.05) is 0 Å². The highest BCUT2D eigenvalue weighted by molar-refractivity contribution is 5.98. The number of benzene rings is 6. The minimum absolute atomic E-state index is 0.0722. The van der Waals surface area contributed by atoms with Crippen molar-refractivity contribution in [3.63, 3.8) is 0 Å². The highest BCUT2D eigenvalue weighted by atomic mass is 16.2. The highest BCUT2D eigenvalue weighted by Gasteiger charge is 2.54. The van der Waals surface area contributed by atoms with Crippen molar-refractivity contribution in [1.29, 1.82) is 5.26 Å². The second-order valence-corrected chi connectivity index (χ2v) is 16.3. The summed E-state index contributed by atoms with van der Waals surface area (Å²) in [4.78, 5) is 34.5. The van der Waals surface area contributed by atoms with E-state index in [4.69, 9.17) is 10.2 Å². The molecule has 4 bridgehead atoms. The number of amides is 2. The molecule has 0 unspecified atom stereocenters. The molecule has 2 N–H and O–H groups in total. The Morgan fingerprint density at radius 2 is 0.780 bits per heavy atom. The third-order valence-corrected chi connectivity index (χ3v) is 13.3. The fourth-order valence-electron chi connectivity index (χ4n) is 10.6. The number of nitrogens with zero attached hydrogens (tertiary/aromatic N) is 2. The van der Waals surface area contributed by atoms with Gasteiger partial charge in [-0.15, -0.1) is 0 Å². The molecule has 6 nitrogen and oxygen atoms in total. The summed E-state index contributed by atoms with van der Waals surface area (Å²) in [6.07, 6.45) is 0. The van der Waals surface area contributed by atoms with Crippen LogP contribution in [-0.4, -0.2) is 16.8 Å². The van der Waals surface area contributed by atoms with E-state index in [-0.39, 0.29) is 35.0 Å². The van der Waals surface area contributed by atoms with Gasteiger partial charge in [-0.1, -0.05) is 127 Å². The van der Waals surface area contributed by atoms with Crippen LogP contribution in [0.15, 0.2) is 140 Å². The molecule has 1 heterocycles. The first kappa shape index (κ1) is 36.3. The zero-order valence-electron chi connectivity index (χ0n) is 33.6. The molecule has 6 aliphatic carbocycles. The number of aryl methyl sites for hydroxylation is 4. The molecular weight excluding hydrogens is 725 g/mol. The van der Waals surface area contributed by atoms with Crippen LogP contribution in [0.4, 0.5) is 0 Å². The molecule has 0 saturated heterocycles. The van der Waals surface area contributed by atoms with Crippen molar-refractivity contribution in [2.24, 2.45) is 0 Å². The predicted octanol–water partition coefficient (Wildman–Crippen LogP) is 9.90. The van der Waals surface area contributed by atoms with Gasteiger partial charge >= 0.3 is 0 Å². The Bertz CT molecular complexity index is 2700. The lowest BCUT2D eigenvalue weighted by Crippen LogP contribution is -2.55. The Kier molecular flexibility index (Phi) is 8.13. The number of hydrogen-bond acceptors (Lipinski definition) is 4. The Morgan fingerprint density at radius 3 is 1.12 bits per heavy atom. The second-order valence-electron chi connectivity index (χ2n) is 16.3. The van der Waals surface area contributed by atoms with Gasteiger partial charge in [0.1, 0.15) is 22.5 Å². The largest absolute Gasteiger partial charge is 0.333 e. The van der Waals surface area contributed by atoms with Crippen LogP contribution in [0.25, 0.3) is 0 Å². The number of aromatic nitrogens is 1.